The minimum atomic E-state index is -3.83. The first-order chi connectivity index (χ1) is 12.5. The number of aryl methyl sites for hydroxylation is 1. The molecule has 1 aliphatic heterocycles. The second-order valence-corrected chi connectivity index (χ2v) is 7.87. The molecule has 0 N–H and O–H groups in total. The minimum absolute atomic E-state index is 0.0357. The Balaban J connectivity index is 1.69. The molecule has 1 aliphatic rings. The maximum absolute atomic E-state index is 12.4. The fourth-order valence-electron chi connectivity index (χ4n) is 2.87. The average molecular weight is 373 g/mol. The molecule has 3 rings (SSSR count). The van der Waals surface area contributed by atoms with Crippen LogP contribution >= 0.6 is 0 Å². The van der Waals surface area contributed by atoms with Gasteiger partial charge in [-0.2, -0.15) is 8.42 Å². The van der Waals surface area contributed by atoms with E-state index in [1.54, 1.807) is 36.4 Å². The van der Waals surface area contributed by atoms with E-state index >= 15 is 0 Å². The Morgan fingerprint density at radius 1 is 1.19 bits per heavy atom. The second kappa shape index (κ2) is 8.03. The molecule has 0 amide bonds. The van der Waals surface area contributed by atoms with E-state index in [0.717, 1.165) is 30.8 Å². The molecule has 1 heterocycles. The first-order valence-corrected chi connectivity index (χ1v) is 9.95. The molecule has 1 unspecified atom stereocenters. The SMILES string of the molecule is C=CCN1CCOC(c2ccc(OS(=O)(=O)c3ccc(C)cc3)cc2)C1. The summed E-state index contributed by atoms with van der Waals surface area (Å²) < 4.78 is 35.8. The van der Waals surface area contributed by atoms with Crippen molar-refractivity contribution in [3.8, 4) is 5.75 Å². The molecule has 0 spiro atoms. The lowest BCUT2D eigenvalue weighted by Crippen LogP contribution is -2.38. The normalized spacial score (nSPS) is 18.4. The van der Waals surface area contributed by atoms with Gasteiger partial charge in [0.1, 0.15) is 10.6 Å². The number of nitrogens with zero attached hydrogens (tertiary/aromatic N) is 1. The summed E-state index contributed by atoms with van der Waals surface area (Å²) in [7, 11) is -3.83. The van der Waals surface area contributed by atoms with E-state index in [-0.39, 0.29) is 16.7 Å². The van der Waals surface area contributed by atoms with E-state index in [4.69, 9.17) is 8.92 Å². The molecule has 6 heteroatoms. The summed E-state index contributed by atoms with van der Waals surface area (Å²) >= 11 is 0. The number of ether oxygens (including phenoxy) is 1. The van der Waals surface area contributed by atoms with Gasteiger partial charge < -0.3 is 8.92 Å². The van der Waals surface area contributed by atoms with Gasteiger partial charge in [-0.1, -0.05) is 35.9 Å². The Kier molecular flexibility index (Phi) is 5.76. The van der Waals surface area contributed by atoms with Crippen LogP contribution in [0.2, 0.25) is 0 Å². The molecule has 1 saturated heterocycles. The summed E-state index contributed by atoms with van der Waals surface area (Å²) in [6, 6.07) is 13.6. The van der Waals surface area contributed by atoms with Crippen LogP contribution in [0.3, 0.4) is 0 Å². The summed E-state index contributed by atoms with van der Waals surface area (Å²) in [5.41, 5.74) is 1.99. The number of rotatable bonds is 6. The third kappa shape index (κ3) is 4.52. The van der Waals surface area contributed by atoms with Crippen LogP contribution in [0.15, 0.2) is 66.1 Å². The van der Waals surface area contributed by atoms with Crippen molar-refractivity contribution in [3.05, 3.63) is 72.3 Å². The first kappa shape index (κ1) is 18.6. The summed E-state index contributed by atoms with van der Waals surface area (Å²) in [6.45, 7) is 8.84. The average Bonchev–Trinajstić information content (AvgIpc) is 2.63. The van der Waals surface area contributed by atoms with Crippen molar-refractivity contribution in [2.24, 2.45) is 0 Å². The third-order valence-electron chi connectivity index (χ3n) is 4.31. The fraction of sp³-hybridized carbons (Fsp3) is 0.300. The zero-order valence-electron chi connectivity index (χ0n) is 14.8. The van der Waals surface area contributed by atoms with E-state index in [0.29, 0.717) is 6.61 Å². The molecule has 1 atom stereocenters. The van der Waals surface area contributed by atoms with Crippen molar-refractivity contribution in [1.82, 2.24) is 4.90 Å². The predicted molar refractivity (Wildman–Crippen MR) is 101 cm³/mol. The molecule has 1 fully saturated rings. The molecule has 2 aromatic rings. The van der Waals surface area contributed by atoms with Crippen molar-refractivity contribution >= 4 is 10.1 Å². The Labute approximate surface area is 155 Å². The second-order valence-electron chi connectivity index (χ2n) is 6.33. The summed E-state index contributed by atoms with van der Waals surface area (Å²) in [6.07, 6.45) is 1.85. The van der Waals surface area contributed by atoms with Crippen LogP contribution < -0.4 is 4.18 Å². The number of hydrogen-bond acceptors (Lipinski definition) is 5. The van der Waals surface area contributed by atoms with Gasteiger partial charge in [0.05, 0.1) is 12.7 Å². The molecule has 0 saturated carbocycles. The van der Waals surface area contributed by atoms with Crippen LogP contribution in [0.25, 0.3) is 0 Å². The van der Waals surface area contributed by atoms with Crippen LogP contribution in [0.5, 0.6) is 5.75 Å². The standard InChI is InChI=1S/C20H23NO4S/c1-3-12-21-13-14-24-20(15-21)17-6-8-18(9-7-17)25-26(22,23)19-10-4-16(2)5-11-19/h3-11,20H,1,12-15H2,2H3. The van der Waals surface area contributed by atoms with Gasteiger partial charge in [-0.15, -0.1) is 6.58 Å². The molecule has 2 aromatic carbocycles. The van der Waals surface area contributed by atoms with Crippen molar-refractivity contribution < 1.29 is 17.3 Å². The molecule has 0 aliphatic carbocycles. The minimum Gasteiger partial charge on any atom is -0.379 e. The molecule has 0 aromatic heterocycles. The number of benzene rings is 2. The molecular formula is C20H23NO4S. The highest BCUT2D eigenvalue weighted by Crippen LogP contribution is 2.26. The van der Waals surface area contributed by atoms with Crippen LogP contribution in [-0.2, 0) is 14.9 Å². The van der Waals surface area contributed by atoms with Crippen LogP contribution in [0, 0.1) is 6.92 Å². The third-order valence-corrected chi connectivity index (χ3v) is 5.57. The fourth-order valence-corrected chi connectivity index (χ4v) is 3.80. The van der Waals surface area contributed by atoms with Crippen molar-refractivity contribution in [1.29, 1.82) is 0 Å². The van der Waals surface area contributed by atoms with E-state index < -0.39 is 10.1 Å². The van der Waals surface area contributed by atoms with Crippen LogP contribution in [-0.4, -0.2) is 39.6 Å². The monoisotopic (exact) mass is 373 g/mol. The largest absolute Gasteiger partial charge is 0.379 e. The topological polar surface area (TPSA) is 55.8 Å². The van der Waals surface area contributed by atoms with Gasteiger partial charge in [0.25, 0.3) is 0 Å². The zero-order valence-corrected chi connectivity index (χ0v) is 15.6. The lowest BCUT2D eigenvalue weighted by molar-refractivity contribution is -0.0260. The van der Waals surface area contributed by atoms with Crippen molar-refractivity contribution in [3.63, 3.8) is 0 Å². The molecular weight excluding hydrogens is 350 g/mol. The quantitative estimate of drug-likeness (QED) is 0.574. The Morgan fingerprint density at radius 2 is 1.88 bits per heavy atom. The molecule has 138 valence electrons. The van der Waals surface area contributed by atoms with E-state index in [2.05, 4.69) is 11.5 Å². The maximum atomic E-state index is 12.4. The Morgan fingerprint density at radius 3 is 2.54 bits per heavy atom. The summed E-state index contributed by atoms with van der Waals surface area (Å²) in [5.74, 6) is 0.285. The van der Waals surface area contributed by atoms with Crippen LogP contribution in [0.4, 0.5) is 0 Å². The van der Waals surface area contributed by atoms with Crippen molar-refractivity contribution in [2.75, 3.05) is 26.2 Å². The van der Waals surface area contributed by atoms with Gasteiger partial charge in [0, 0.05) is 19.6 Å². The van der Waals surface area contributed by atoms with Gasteiger partial charge in [-0.05, 0) is 36.8 Å². The Hall–Kier alpha value is -2.15. The van der Waals surface area contributed by atoms with E-state index in [1.165, 1.54) is 0 Å². The summed E-state index contributed by atoms with van der Waals surface area (Å²) in [4.78, 5) is 2.41. The smallest absolute Gasteiger partial charge is 0.339 e. The molecule has 26 heavy (non-hydrogen) atoms. The predicted octanol–water partition coefficient (Wildman–Crippen LogP) is 3.32. The lowest BCUT2D eigenvalue weighted by Gasteiger charge is -2.32. The van der Waals surface area contributed by atoms with Gasteiger partial charge in [0.2, 0.25) is 0 Å². The highest BCUT2D eigenvalue weighted by molar-refractivity contribution is 7.87. The van der Waals surface area contributed by atoms with Gasteiger partial charge in [0.15, 0.2) is 0 Å². The highest BCUT2D eigenvalue weighted by Gasteiger charge is 2.22. The number of hydrogen-bond donors (Lipinski definition) is 0. The van der Waals surface area contributed by atoms with Crippen LogP contribution in [0.1, 0.15) is 17.2 Å². The van der Waals surface area contributed by atoms with Crippen molar-refractivity contribution in [2.45, 2.75) is 17.9 Å². The molecule has 0 radical (unpaired) electrons. The lowest BCUT2D eigenvalue weighted by atomic mass is 10.1. The zero-order chi connectivity index (χ0) is 18.6. The van der Waals surface area contributed by atoms with Gasteiger partial charge >= 0.3 is 10.1 Å². The van der Waals surface area contributed by atoms with E-state index in [1.807, 2.05) is 25.1 Å². The maximum Gasteiger partial charge on any atom is 0.339 e. The molecule has 0 bridgehead atoms. The first-order valence-electron chi connectivity index (χ1n) is 8.54. The highest BCUT2D eigenvalue weighted by atomic mass is 32.2. The number of morpholine rings is 1. The van der Waals surface area contributed by atoms with Gasteiger partial charge in [-0.25, -0.2) is 0 Å². The van der Waals surface area contributed by atoms with Gasteiger partial charge in [-0.3, -0.25) is 4.90 Å². The Bertz CT molecular complexity index is 844. The van der Waals surface area contributed by atoms with E-state index in [9.17, 15) is 8.42 Å². The summed E-state index contributed by atoms with van der Waals surface area (Å²) in [5, 5.41) is 0. The molecule has 5 nitrogen and oxygen atoms in total.